The molecule has 1 atom stereocenters. The fourth-order valence-electron chi connectivity index (χ4n) is 3.14. The molecule has 7 nitrogen and oxygen atoms in total. The average Bonchev–Trinajstić information content (AvgIpc) is 2.50. The molecule has 120 valence electrons. The number of fused-ring (bicyclic) bond motifs is 1. The van der Waals surface area contributed by atoms with E-state index in [2.05, 4.69) is 4.90 Å². The van der Waals surface area contributed by atoms with Gasteiger partial charge in [-0.15, -0.1) is 0 Å². The molecule has 0 aromatic rings. The lowest BCUT2D eigenvalue weighted by atomic mass is 10.00. The van der Waals surface area contributed by atoms with Gasteiger partial charge in [-0.3, -0.25) is 9.69 Å². The van der Waals surface area contributed by atoms with E-state index in [4.69, 9.17) is 9.84 Å². The third-order valence-electron chi connectivity index (χ3n) is 4.27. The van der Waals surface area contributed by atoms with Crippen LogP contribution in [0.2, 0.25) is 0 Å². The summed E-state index contributed by atoms with van der Waals surface area (Å²) in [5.41, 5.74) is 0. The topological polar surface area (TPSA) is 73.3 Å². The summed E-state index contributed by atoms with van der Waals surface area (Å²) in [5.74, 6) is -0.990. The first-order valence-electron chi connectivity index (χ1n) is 7.60. The van der Waals surface area contributed by atoms with Gasteiger partial charge in [-0.2, -0.15) is 0 Å². The van der Waals surface area contributed by atoms with Gasteiger partial charge < -0.3 is 19.6 Å². The van der Waals surface area contributed by atoms with Crippen LogP contribution in [0.4, 0.5) is 4.79 Å². The Hall–Kier alpha value is -1.34. The molecule has 2 heterocycles. The van der Waals surface area contributed by atoms with Crippen LogP contribution in [0, 0.1) is 0 Å². The summed E-state index contributed by atoms with van der Waals surface area (Å²) in [5, 5.41) is 8.96. The Labute approximate surface area is 125 Å². The van der Waals surface area contributed by atoms with E-state index < -0.39 is 5.97 Å². The quantitative estimate of drug-likeness (QED) is 0.791. The van der Waals surface area contributed by atoms with Crippen LogP contribution in [0.15, 0.2) is 0 Å². The van der Waals surface area contributed by atoms with Gasteiger partial charge >= 0.3 is 12.0 Å². The highest BCUT2D eigenvalue weighted by atomic mass is 16.5. The van der Waals surface area contributed by atoms with Gasteiger partial charge in [0.2, 0.25) is 0 Å². The van der Waals surface area contributed by atoms with Gasteiger partial charge in [-0.1, -0.05) is 6.42 Å². The predicted octanol–water partition coefficient (Wildman–Crippen LogP) is 0.310. The highest BCUT2D eigenvalue weighted by Gasteiger charge is 2.33. The summed E-state index contributed by atoms with van der Waals surface area (Å²) in [6, 6.07) is 0.255. The van der Waals surface area contributed by atoms with Crippen LogP contribution in [0.3, 0.4) is 0 Å². The summed E-state index contributed by atoms with van der Waals surface area (Å²) in [4.78, 5) is 29.1. The fraction of sp³-hybridized carbons (Fsp3) is 0.857. The van der Waals surface area contributed by atoms with Gasteiger partial charge in [0.05, 0.1) is 6.61 Å². The Kier molecular flexibility index (Phi) is 5.81. The smallest absolute Gasteiger partial charge is 0.323 e. The molecule has 7 heteroatoms. The average molecular weight is 299 g/mol. The van der Waals surface area contributed by atoms with Crippen molar-refractivity contribution in [2.75, 3.05) is 53.0 Å². The fourth-order valence-corrected chi connectivity index (χ4v) is 3.14. The van der Waals surface area contributed by atoms with Crippen LogP contribution >= 0.6 is 0 Å². The lowest BCUT2D eigenvalue weighted by molar-refractivity contribution is -0.137. The van der Waals surface area contributed by atoms with Crippen LogP contribution in [0.1, 0.15) is 19.3 Å². The number of methoxy groups -OCH3 is 1. The first-order chi connectivity index (χ1) is 10.1. The van der Waals surface area contributed by atoms with Gasteiger partial charge in [0, 0.05) is 39.3 Å². The number of piperidine rings is 1. The number of hydrogen-bond acceptors (Lipinski definition) is 4. The van der Waals surface area contributed by atoms with E-state index >= 15 is 0 Å². The normalized spacial score (nSPS) is 22.7. The molecular weight excluding hydrogens is 274 g/mol. The minimum absolute atomic E-state index is 0.181. The van der Waals surface area contributed by atoms with Gasteiger partial charge in [0.25, 0.3) is 0 Å². The maximum absolute atomic E-state index is 12.5. The lowest BCUT2D eigenvalue weighted by Gasteiger charge is -2.44. The van der Waals surface area contributed by atoms with Gasteiger partial charge in [-0.25, -0.2) is 4.79 Å². The molecule has 0 spiro atoms. The number of hydrogen-bond donors (Lipinski definition) is 1. The van der Waals surface area contributed by atoms with Crippen molar-refractivity contribution in [1.29, 1.82) is 0 Å². The SMILES string of the molecule is COCCN(CC(=O)O)C(=O)N1CCN2CCCCC2C1. The Morgan fingerprint density at radius 3 is 2.81 bits per heavy atom. The molecule has 21 heavy (non-hydrogen) atoms. The Morgan fingerprint density at radius 2 is 2.10 bits per heavy atom. The molecule has 0 aromatic heterocycles. The molecule has 2 amide bonds. The van der Waals surface area contributed by atoms with E-state index in [1.807, 2.05) is 0 Å². The number of ether oxygens (including phenoxy) is 1. The third kappa shape index (κ3) is 4.31. The van der Waals surface area contributed by atoms with Crippen LogP contribution in [0.5, 0.6) is 0 Å². The zero-order valence-electron chi connectivity index (χ0n) is 12.7. The van der Waals surface area contributed by atoms with Crippen LogP contribution in [-0.4, -0.2) is 90.8 Å². The number of aliphatic carboxylic acids is 1. The first-order valence-corrected chi connectivity index (χ1v) is 7.60. The van der Waals surface area contributed by atoms with E-state index in [0.717, 1.165) is 19.5 Å². The number of carboxylic acid groups (broad SMARTS) is 1. The summed E-state index contributed by atoms with van der Waals surface area (Å²) >= 11 is 0. The number of urea groups is 1. The van der Waals surface area contributed by atoms with Crippen molar-refractivity contribution in [1.82, 2.24) is 14.7 Å². The third-order valence-corrected chi connectivity index (χ3v) is 4.27. The lowest BCUT2D eigenvalue weighted by Crippen LogP contribution is -2.59. The second kappa shape index (κ2) is 7.61. The second-order valence-corrected chi connectivity index (χ2v) is 5.72. The van der Waals surface area contributed by atoms with E-state index in [1.165, 1.54) is 17.7 Å². The number of nitrogens with zero attached hydrogens (tertiary/aromatic N) is 3. The summed E-state index contributed by atoms with van der Waals surface area (Å²) in [6.07, 6.45) is 3.58. The van der Waals surface area contributed by atoms with E-state index in [9.17, 15) is 9.59 Å². The zero-order valence-corrected chi connectivity index (χ0v) is 12.7. The molecule has 1 unspecified atom stereocenters. The predicted molar refractivity (Wildman–Crippen MR) is 77.3 cm³/mol. The highest BCUT2D eigenvalue weighted by molar-refractivity contribution is 5.80. The Balaban J connectivity index is 1.94. The summed E-state index contributed by atoms with van der Waals surface area (Å²) < 4.78 is 4.96. The van der Waals surface area contributed by atoms with Crippen molar-refractivity contribution in [3.05, 3.63) is 0 Å². The first kappa shape index (κ1) is 16.0. The molecule has 0 aliphatic carbocycles. The molecule has 0 radical (unpaired) electrons. The molecule has 0 aromatic carbocycles. The van der Waals surface area contributed by atoms with Crippen LogP contribution < -0.4 is 0 Å². The Bertz CT molecular complexity index is 377. The van der Waals surface area contributed by atoms with Crippen LogP contribution in [0.25, 0.3) is 0 Å². The highest BCUT2D eigenvalue weighted by Crippen LogP contribution is 2.21. The van der Waals surface area contributed by atoms with Crippen molar-refractivity contribution in [2.45, 2.75) is 25.3 Å². The van der Waals surface area contributed by atoms with Gasteiger partial charge in [-0.05, 0) is 19.4 Å². The van der Waals surface area contributed by atoms with Gasteiger partial charge in [0.1, 0.15) is 6.54 Å². The molecule has 0 bridgehead atoms. The van der Waals surface area contributed by atoms with Crippen molar-refractivity contribution in [2.24, 2.45) is 0 Å². The number of piperazine rings is 1. The van der Waals surface area contributed by atoms with E-state index in [1.54, 1.807) is 12.0 Å². The molecule has 2 aliphatic heterocycles. The second-order valence-electron chi connectivity index (χ2n) is 5.72. The molecule has 1 N–H and O–H groups in total. The summed E-state index contributed by atoms with van der Waals surface area (Å²) in [6.45, 7) is 3.79. The number of carbonyl (C=O) groups is 2. The van der Waals surface area contributed by atoms with Crippen LogP contribution in [-0.2, 0) is 9.53 Å². The minimum atomic E-state index is -0.990. The zero-order chi connectivity index (χ0) is 15.2. The minimum Gasteiger partial charge on any atom is -0.480 e. The maximum atomic E-state index is 12.5. The summed E-state index contributed by atoms with van der Waals surface area (Å²) in [7, 11) is 1.55. The molecule has 0 saturated carbocycles. The van der Waals surface area contributed by atoms with Gasteiger partial charge in [0.15, 0.2) is 0 Å². The number of carboxylic acids is 1. The molecule has 2 fully saturated rings. The van der Waals surface area contributed by atoms with Crippen molar-refractivity contribution in [3.63, 3.8) is 0 Å². The maximum Gasteiger partial charge on any atom is 0.323 e. The molecular formula is C14H25N3O4. The van der Waals surface area contributed by atoms with E-state index in [-0.39, 0.29) is 12.6 Å². The standard InChI is InChI=1S/C14H25N3O4/c1-21-9-8-17(11-13(18)19)14(20)16-7-6-15-5-3-2-4-12(15)10-16/h12H,2-11H2,1H3,(H,18,19). The van der Waals surface area contributed by atoms with Crippen molar-refractivity contribution in [3.8, 4) is 0 Å². The van der Waals surface area contributed by atoms with Crippen molar-refractivity contribution < 1.29 is 19.4 Å². The number of carbonyl (C=O) groups excluding carboxylic acids is 1. The largest absolute Gasteiger partial charge is 0.480 e. The van der Waals surface area contributed by atoms with Crippen molar-refractivity contribution >= 4 is 12.0 Å². The number of rotatable bonds is 5. The Morgan fingerprint density at radius 1 is 1.29 bits per heavy atom. The molecule has 2 aliphatic rings. The number of amides is 2. The van der Waals surface area contributed by atoms with E-state index in [0.29, 0.717) is 32.3 Å². The monoisotopic (exact) mass is 299 g/mol. The molecule has 2 rings (SSSR count). The molecule has 2 saturated heterocycles.